The Morgan fingerprint density at radius 1 is 1.18 bits per heavy atom. The molecule has 2 fully saturated rings. The SMILES string of the molecule is C[Si]1(C)CCN(c2cc(NS(=O)(=O)CCO)ccc2C(=O)Nc2cccn(N3CC[C@H](C(F)F)C3)c2=O)CC1. The molecule has 1 amide bonds. The molecule has 3 heterocycles. The third-order valence-corrected chi connectivity index (χ3v) is 11.8. The van der Waals surface area contributed by atoms with Crippen LogP contribution in [-0.2, 0) is 10.0 Å². The van der Waals surface area contributed by atoms with E-state index in [-0.39, 0.29) is 29.9 Å². The minimum atomic E-state index is -3.77. The highest BCUT2D eigenvalue weighted by Crippen LogP contribution is 2.32. The molecule has 0 saturated carbocycles. The maximum atomic E-state index is 13.5. The van der Waals surface area contributed by atoms with E-state index >= 15 is 0 Å². The Bertz CT molecular complexity index is 1360. The fourth-order valence-corrected chi connectivity index (χ4v) is 7.74. The van der Waals surface area contributed by atoms with Gasteiger partial charge in [0.2, 0.25) is 16.4 Å². The summed E-state index contributed by atoms with van der Waals surface area (Å²) >= 11 is 0. The summed E-state index contributed by atoms with van der Waals surface area (Å²) in [5, 5.41) is 13.3. The van der Waals surface area contributed by atoms with Gasteiger partial charge in [-0.25, -0.2) is 21.9 Å². The van der Waals surface area contributed by atoms with Crippen LogP contribution in [0.15, 0.2) is 41.3 Å². The fraction of sp³-hybridized carbons (Fsp3) is 0.520. The quantitative estimate of drug-likeness (QED) is 0.388. The number of aliphatic hydroxyl groups excluding tert-OH is 1. The maximum absolute atomic E-state index is 13.5. The lowest BCUT2D eigenvalue weighted by Gasteiger charge is -2.38. The molecule has 1 atom stereocenters. The molecule has 2 aliphatic rings. The number of hydrogen-bond acceptors (Lipinski definition) is 7. The molecule has 0 bridgehead atoms. The molecule has 0 unspecified atom stereocenters. The Kier molecular flexibility index (Phi) is 8.66. The van der Waals surface area contributed by atoms with E-state index in [0.717, 1.165) is 12.1 Å². The average Bonchev–Trinajstić information content (AvgIpc) is 3.35. The van der Waals surface area contributed by atoms with Crippen molar-refractivity contribution in [3.05, 3.63) is 52.4 Å². The number of hydrogen-bond donors (Lipinski definition) is 3. The van der Waals surface area contributed by atoms with Gasteiger partial charge in [0.05, 0.1) is 37.4 Å². The minimum absolute atomic E-state index is 0.00820. The van der Waals surface area contributed by atoms with Crippen molar-refractivity contribution in [3.8, 4) is 0 Å². The summed E-state index contributed by atoms with van der Waals surface area (Å²) < 4.78 is 54.4. The molecule has 0 aliphatic carbocycles. The van der Waals surface area contributed by atoms with Gasteiger partial charge in [-0.15, -0.1) is 0 Å². The Balaban J connectivity index is 1.61. The molecule has 10 nitrogen and oxygen atoms in total. The van der Waals surface area contributed by atoms with E-state index in [1.807, 2.05) is 0 Å². The van der Waals surface area contributed by atoms with Crippen LogP contribution in [0.4, 0.5) is 25.8 Å². The third kappa shape index (κ3) is 6.97. The Labute approximate surface area is 227 Å². The van der Waals surface area contributed by atoms with Crippen molar-refractivity contribution in [2.75, 3.05) is 58.5 Å². The van der Waals surface area contributed by atoms with Crippen molar-refractivity contribution in [1.29, 1.82) is 0 Å². The number of nitrogens with one attached hydrogen (secondary N) is 2. The van der Waals surface area contributed by atoms with Crippen LogP contribution >= 0.6 is 0 Å². The Morgan fingerprint density at radius 2 is 1.90 bits per heavy atom. The molecule has 4 rings (SSSR count). The van der Waals surface area contributed by atoms with Crippen LogP contribution in [0, 0.1) is 5.92 Å². The number of carbonyl (C=O) groups excluding carboxylic acids is 1. The normalized spacial score (nSPS) is 19.4. The van der Waals surface area contributed by atoms with Crippen molar-refractivity contribution >= 4 is 41.1 Å². The lowest BCUT2D eigenvalue weighted by atomic mass is 10.1. The van der Waals surface area contributed by atoms with Crippen molar-refractivity contribution in [1.82, 2.24) is 4.68 Å². The van der Waals surface area contributed by atoms with Gasteiger partial charge < -0.3 is 20.3 Å². The second kappa shape index (κ2) is 11.6. The largest absolute Gasteiger partial charge is 0.395 e. The number of aromatic nitrogens is 1. The number of sulfonamides is 1. The summed E-state index contributed by atoms with van der Waals surface area (Å²) in [4.78, 5) is 28.7. The number of amides is 1. The van der Waals surface area contributed by atoms with Crippen molar-refractivity contribution in [2.45, 2.75) is 38.0 Å². The zero-order valence-electron chi connectivity index (χ0n) is 22.1. The molecule has 0 spiro atoms. The molecule has 2 aliphatic heterocycles. The molecule has 1 aromatic heterocycles. The maximum Gasteiger partial charge on any atom is 0.292 e. The van der Waals surface area contributed by atoms with Gasteiger partial charge in [0.1, 0.15) is 5.69 Å². The number of alkyl halides is 2. The predicted octanol–water partition coefficient (Wildman–Crippen LogP) is 2.59. The van der Waals surface area contributed by atoms with E-state index < -0.39 is 54.3 Å². The van der Waals surface area contributed by atoms with E-state index in [2.05, 4.69) is 28.0 Å². The number of carbonyl (C=O) groups is 1. The Hall–Kier alpha value is -2.97. The molecule has 14 heteroatoms. The smallest absolute Gasteiger partial charge is 0.292 e. The number of benzene rings is 1. The van der Waals surface area contributed by atoms with Crippen LogP contribution < -0.4 is 25.5 Å². The zero-order valence-corrected chi connectivity index (χ0v) is 23.9. The van der Waals surface area contributed by atoms with Gasteiger partial charge in [-0.05, 0) is 48.8 Å². The van der Waals surface area contributed by atoms with Crippen LogP contribution in [0.1, 0.15) is 16.8 Å². The molecule has 2 saturated heterocycles. The van der Waals surface area contributed by atoms with Crippen LogP contribution in [0.2, 0.25) is 25.2 Å². The predicted molar refractivity (Wildman–Crippen MR) is 151 cm³/mol. The number of aliphatic hydroxyl groups is 1. The number of pyridine rings is 1. The van der Waals surface area contributed by atoms with Crippen LogP contribution in [-0.4, -0.2) is 77.1 Å². The summed E-state index contributed by atoms with van der Waals surface area (Å²) in [6.45, 7) is 5.86. The highest BCUT2D eigenvalue weighted by molar-refractivity contribution is 7.92. The van der Waals surface area contributed by atoms with E-state index in [1.165, 1.54) is 29.1 Å². The number of rotatable bonds is 9. The molecule has 3 N–H and O–H groups in total. The lowest BCUT2D eigenvalue weighted by molar-refractivity contribution is 0.0872. The zero-order chi connectivity index (χ0) is 28.4. The van der Waals surface area contributed by atoms with Gasteiger partial charge in [-0.1, -0.05) is 13.1 Å². The average molecular weight is 584 g/mol. The van der Waals surface area contributed by atoms with Gasteiger partial charge in [0.25, 0.3) is 11.5 Å². The summed E-state index contributed by atoms with van der Waals surface area (Å²) in [5.74, 6) is -1.81. The first-order chi connectivity index (χ1) is 18.4. The fourth-order valence-electron chi connectivity index (χ4n) is 4.91. The van der Waals surface area contributed by atoms with Crippen molar-refractivity contribution in [2.24, 2.45) is 5.92 Å². The van der Waals surface area contributed by atoms with Gasteiger partial charge in [0, 0.05) is 38.3 Å². The highest BCUT2D eigenvalue weighted by Gasteiger charge is 2.31. The number of anilines is 3. The summed E-state index contributed by atoms with van der Waals surface area (Å²) in [6.07, 6.45) is -0.705. The van der Waals surface area contributed by atoms with Gasteiger partial charge in [-0.2, -0.15) is 0 Å². The highest BCUT2D eigenvalue weighted by atomic mass is 32.2. The second-order valence-corrected chi connectivity index (χ2v) is 18.0. The van der Waals surface area contributed by atoms with Crippen LogP contribution in [0.25, 0.3) is 0 Å². The molecule has 1 aromatic carbocycles. The molecule has 39 heavy (non-hydrogen) atoms. The molecule has 2 aromatic rings. The topological polar surface area (TPSA) is 124 Å². The van der Waals surface area contributed by atoms with Gasteiger partial charge in [-0.3, -0.25) is 14.3 Å². The van der Waals surface area contributed by atoms with Gasteiger partial charge in [0.15, 0.2) is 0 Å². The van der Waals surface area contributed by atoms with E-state index in [4.69, 9.17) is 5.11 Å². The minimum Gasteiger partial charge on any atom is -0.395 e. The molecular weight excluding hydrogens is 548 g/mol. The molecular formula is C25H35F2N5O5SSi. The number of halogens is 2. The van der Waals surface area contributed by atoms with Gasteiger partial charge >= 0.3 is 0 Å². The number of nitrogens with zero attached hydrogens (tertiary/aromatic N) is 3. The second-order valence-electron chi connectivity index (χ2n) is 10.8. The lowest BCUT2D eigenvalue weighted by Crippen LogP contribution is -2.43. The van der Waals surface area contributed by atoms with E-state index in [1.54, 1.807) is 17.1 Å². The third-order valence-electron chi connectivity index (χ3n) is 7.37. The summed E-state index contributed by atoms with van der Waals surface area (Å²) in [7, 11) is -5.12. The van der Waals surface area contributed by atoms with E-state index in [0.29, 0.717) is 25.3 Å². The monoisotopic (exact) mass is 583 g/mol. The molecule has 214 valence electrons. The summed E-state index contributed by atoms with van der Waals surface area (Å²) in [6, 6.07) is 9.62. The van der Waals surface area contributed by atoms with Crippen LogP contribution in [0.5, 0.6) is 0 Å². The summed E-state index contributed by atoms with van der Waals surface area (Å²) in [5.41, 5.74) is 0.559. The Morgan fingerprint density at radius 3 is 2.54 bits per heavy atom. The van der Waals surface area contributed by atoms with Crippen molar-refractivity contribution in [3.63, 3.8) is 0 Å². The molecule has 0 radical (unpaired) electrons. The van der Waals surface area contributed by atoms with Crippen LogP contribution in [0.3, 0.4) is 0 Å². The first kappa shape index (κ1) is 29.0. The van der Waals surface area contributed by atoms with Crippen molar-refractivity contribution < 1.29 is 27.1 Å². The first-order valence-corrected chi connectivity index (χ1v) is 18.0. The van der Waals surface area contributed by atoms with E-state index in [9.17, 15) is 26.8 Å². The first-order valence-electron chi connectivity index (χ1n) is 13.0. The standard InChI is InChI=1S/C25H35F2N5O5SSi/c1-39(2)14-10-30(11-15-39)22-16-19(29-38(36,37)13-12-33)5-6-20(22)24(34)28-21-4-3-8-32(25(21)35)31-9-7-18(17-31)23(26)27/h3-6,8,16,18,23,29,33H,7,9-15,17H2,1-2H3,(H,28,34)/t18-/m0/s1.